The Balaban J connectivity index is 2.38. The number of nitrogens with two attached hydrogens (primary N) is 1. The van der Waals surface area contributed by atoms with Crippen LogP contribution in [0.5, 0.6) is 0 Å². The second kappa shape index (κ2) is 5.72. The number of thiophene rings is 1. The predicted octanol–water partition coefficient (Wildman–Crippen LogP) is 1.27. The summed E-state index contributed by atoms with van der Waals surface area (Å²) in [5.41, 5.74) is 6.40. The molecule has 0 aromatic carbocycles. The number of carbonyl (C=O) groups excluding carboxylic acids is 1. The number of aryl methyl sites for hydroxylation is 2. The lowest BCUT2D eigenvalue weighted by molar-refractivity contribution is -0.118. The Morgan fingerprint density at radius 1 is 1.40 bits per heavy atom. The second-order valence-electron chi connectivity index (χ2n) is 4.84. The molecule has 3 N–H and O–H groups in total. The van der Waals surface area contributed by atoms with Crippen molar-refractivity contribution in [3.63, 3.8) is 0 Å². The summed E-state index contributed by atoms with van der Waals surface area (Å²) in [4.78, 5) is 24.1. The number of amides is 1. The van der Waals surface area contributed by atoms with Crippen molar-refractivity contribution in [3.8, 4) is 0 Å². The molecule has 2 aromatic rings. The molecule has 0 aliphatic heterocycles. The minimum absolute atomic E-state index is 0.193. The van der Waals surface area contributed by atoms with Gasteiger partial charge in [-0.1, -0.05) is 0 Å². The Kier molecular flexibility index (Phi) is 4.20. The summed E-state index contributed by atoms with van der Waals surface area (Å²) in [6.45, 7) is 4.85. The number of hydrogen-bond donors (Lipinski definition) is 2. The first-order chi connectivity index (χ1) is 9.42. The van der Waals surface area contributed by atoms with Crippen molar-refractivity contribution in [3.05, 3.63) is 16.3 Å². The topological polar surface area (TPSA) is 84.1 Å². The summed E-state index contributed by atoms with van der Waals surface area (Å²) in [5.74, 6) is 1.16. The lowest BCUT2D eigenvalue weighted by atomic mass is 10.2. The van der Waals surface area contributed by atoms with Gasteiger partial charge in [0.15, 0.2) is 0 Å². The van der Waals surface area contributed by atoms with Gasteiger partial charge in [-0.3, -0.25) is 9.69 Å². The second-order valence-corrected chi connectivity index (χ2v) is 6.04. The first-order valence-electron chi connectivity index (χ1n) is 6.33. The van der Waals surface area contributed by atoms with Crippen LogP contribution in [0.15, 0.2) is 0 Å². The number of hydrogen-bond acceptors (Lipinski definition) is 6. The monoisotopic (exact) mass is 293 g/mol. The molecular formula is C13H19N5OS. The molecular weight excluding hydrogens is 274 g/mol. The fraction of sp³-hybridized carbons (Fsp3) is 0.462. The van der Waals surface area contributed by atoms with Crippen molar-refractivity contribution >= 4 is 33.3 Å². The molecule has 0 bridgehead atoms. The lowest BCUT2D eigenvalue weighted by Gasteiger charge is -2.14. The van der Waals surface area contributed by atoms with E-state index in [-0.39, 0.29) is 12.5 Å². The number of aromatic nitrogens is 2. The normalized spacial score (nSPS) is 11.2. The number of rotatable bonds is 5. The fourth-order valence-corrected chi connectivity index (χ4v) is 3.16. The Morgan fingerprint density at radius 2 is 2.10 bits per heavy atom. The number of carbonyl (C=O) groups is 1. The third-order valence-corrected chi connectivity index (χ3v) is 4.25. The SMILES string of the molecule is CNc1nc(CN(C)CC(N)=O)nc2sc(C)c(C)c12. The molecule has 2 heterocycles. The van der Waals surface area contributed by atoms with Crippen LogP contribution in [0.25, 0.3) is 10.2 Å². The van der Waals surface area contributed by atoms with Gasteiger partial charge in [-0.25, -0.2) is 9.97 Å². The van der Waals surface area contributed by atoms with Gasteiger partial charge in [0, 0.05) is 11.9 Å². The summed E-state index contributed by atoms with van der Waals surface area (Å²) in [7, 11) is 3.67. The molecule has 0 aliphatic carbocycles. The van der Waals surface area contributed by atoms with E-state index in [1.54, 1.807) is 16.2 Å². The zero-order valence-electron chi connectivity index (χ0n) is 12.1. The van der Waals surface area contributed by atoms with Crippen molar-refractivity contribution in [1.82, 2.24) is 14.9 Å². The number of nitrogens with zero attached hydrogens (tertiary/aromatic N) is 3. The number of anilines is 1. The quantitative estimate of drug-likeness (QED) is 0.867. The maximum absolute atomic E-state index is 10.9. The van der Waals surface area contributed by atoms with Gasteiger partial charge in [-0.05, 0) is 26.5 Å². The smallest absolute Gasteiger partial charge is 0.231 e. The molecule has 0 saturated heterocycles. The molecule has 20 heavy (non-hydrogen) atoms. The standard InChI is InChI=1S/C13H19N5OS/c1-7-8(2)20-13-11(7)12(15-3)16-10(17-13)6-18(4)5-9(14)19/h5-6H2,1-4H3,(H2,14,19)(H,15,16,17). The van der Waals surface area contributed by atoms with Gasteiger partial charge >= 0.3 is 0 Å². The molecule has 0 aliphatic rings. The van der Waals surface area contributed by atoms with Crippen LogP contribution in [-0.2, 0) is 11.3 Å². The molecule has 0 atom stereocenters. The van der Waals surface area contributed by atoms with Crippen molar-refractivity contribution < 1.29 is 4.79 Å². The molecule has 2 rings (SSSR count). The number of fused-ring (bicyclic) bond motifs is 1. The highest BCUT2D eigenvalue weighted by atomic mass is 32.1. The summed E-state index contributed by atoms with van der Waals surface area (Å²) in [5, 5.41) is 4.20. The Morgan fingerprint density at radius 3 is 2.70 bits per heavy atom. The van der Waals surface area contributed by atoms with Crippen LogP contribution in [0.1, 0.15) is 16.3 Å². The Bertz CT molecular complexity index is 652. The van der Waals surface area contributed by atoms with E-state index in [1.165, 1.54) is 10.4 Å². The molecule has 6 nitrogen and oxygen atoms in total. The highest BCUT2D eigenvalue weighted by Crippen LogP contribution is 2.33. The van der Waals surface area contributed by atoms with Gasteiger partial charge in [0.05, 0.1) is 18.5 Å². The highest BCUT2D eigenvalue weighted by Gasteiger charge is 2.15. The average Bonchev–Trinajstić information content (AvgIpc) is 2.63. The Labute approximate surface area is 122 Å². The van der Waals surface area contributed by atoms with Crippen molar-refractivity contribution in [1.29, 1.82) is 0 Å². The number of primary amides is 1. The minimum Gasteiger partial charge on any atom is -0.372 e. The Hall–Kier alpha value is -1.73. The van der Waals surface area contributed by atoms with Gasteiger partial charge in [-0.15, -0.1) is 11.3 Å². The van der Waals surface area contributed by atoms with Crippen LogP contribution >= 0.6 is 11.3 Å². The molecule has 1 amide bonds. The minimum atomic E-state index is -0.356. The first kappa shape index (κ1) is 14.7. The van der Waals surface area contributed by atoms with E-state index in [1.807, 2.05) is 14.1 Å². The predicted molar refractivity (Wildman–Crippen MR) is 82.0 cm³/mol. The van der Waals surface area contributed by atoms with Gasteiger partial charge in [0.1, 0.15) is 16.5 Å². The van der Waals surface area contributed by atoms with Gasteiger partial charge in [0.25, 0.3) is 0 Å². The van der Waals surface area contributed by atoms with Crippen LogP contribution in [0.3, 0.4) is 0 Å². The first-order valence-corrected chi connectivity index (χ1v) is 7.15. The molecule has 0 radical (unpaired) electrons. The van der Waals surface area contributed by atoms with Crippen LogP contribution in [0, 0.1) is 13.8 Å². The van der Waals surface area contributed by atoms with E-state index in [0.29, 0.717) is 12.4 Å². The molecule has 0 fully saturated rings. The summed E-state index contributed by atoms with van der Waals surface area (Å²) < 4.78 is 0. The molecule has 108 valence electrons. The largest absolute Gasteiger partial charge is 0.372 e. The van der Waals surface area contributed by atoms with Gasteiger partial charge in [-0.2, -0.15) is 0 Å². The third kappa shape index (κ3) is 2.88. The van der Waals surface area contributed by atoms with Gasteiger partial charge in [0.2, 0.25) is 5.91 Å². The number of likely N-dealkylation sites (N-methyl/N-ethyl adjacent to an activating group) is 1. The van der Waals surface area contributed by atoms with Gasteiger partial charge < -0.3 is 11.1 Å². The van der Waals surface area contributed by atoms with Crippen LogP contribution < -0.4 is 11.1 Å². The summed E-state index contributed by atoms with van der Waals surface area (Å²) >= 11 is 1.66. The molecule has 0 unspecified atom stereocenters. The highest BCUT2D eigenvalue weighted by molar-refractivity contribution is 7.18. The number of nitrogens with one attached hydrogen (secondary N) is 1. The molecule has 0 spiro atoms. The van der Waals surface area contributed by atoms with E-state index in [0.717, 1.165) is 16.0 Å². The maximum Gasteiger partial charge on any atom is 0.231 e. The third-order valence-electron chi connectivity index (χ3n) is 3.15. The molecule has 7 heteroatoms. The molecule has 2 aromatic heterocycles. The summed E-state index contributed by atoms with van der Waals surface area (Å²) in [6, 6.07) is 0. The maximum atomic E-state index is 10.9. The van der Waals surface area contributed by atoms with Crippen molar-refractivity contribution in [2.75, 3.05) is 26.0 Å². The lowest BCUT2D eigenvalue weighted by Crippen LogP contribution is -2.30. The van der Waals surface area contributed by atoms with Crippen molar-refractivity contribution in [2.24, 2.45) is 5.73 Å². The van der Waals surface area contributed by atoms with Crippen molar-refractivity contribution in [2.45, 2.75) is 20.4 Å². The molecule has 0 saturated carbocycles. The van der Waals surface area contributed by atoms with E-state index in [9.17, 15) is 4.79 Å². The van der Waals surface area contributed by atoms with Crippen LogP contribution in [0.2, 0.25) is 0 Å². The fourth-order valence-electron chi connectivity index (χ4n) is 2.11. The zero-order chi connectivity index (χ0) is 14.9. The van der Waals surface area contributed by atoms with Crippen LogP contribution in [-0.4, -0.2) is 41.4 Å². The van der Waals surface area contributed by atoms with E-state index >= 15 is 0 Å². The van der Waals surface area contributed by atoms with E-state index in [2.05, 4.69) is 29.1 Å². The summed E-state index contributed by atoms with van der Waals surface area (Å²) in [6.07, 6.45) is 0. The van der Waals surface area contributed by atoms with E-state index in [4.69, 9.17) is 5.73 Å². The zero-order valence-corrected chi connectivity index (χ0v) is 13.0. The van der Waals surface area contributed by atoms with Crippen LogP contribution in [0.4, 0.5) is 5.82 Å². The average molecular weight is 293 g/mol. The van der Waals surface area contributed by atoms with E-state index < -0.39 is 0 Å².